The number of thioether (sulfide) groups is 1. The van der Waals surface area contributed by atoms with E-state index in [0.717, 1.165) is 21.0 Å². The molecular formula is C34H26ClFN4O3S2. The van der Waals surface area contributed by atoms with E-state index in [-0.39, 0.29) is 27.9 Å². The van der Waals surface area contributed by atoms with Gasteiger partial charge in [0.1, 0.15) is 11.5 Å². The summed E-state index contributed by atoms with van der Waals surface area (Å²) in [5.41, 5.74) is 2.36. The van der Waals surface area contributed by atoms with Gasteiger partial charge in [-0.15, -0.1) is 23.1 Å². The lowest BCUT2D eigenvalue weighted by Gasteiger charge is -2.12. The molecule has 11 heteroatoms. The predicted octanol–water partition coefficient (Wildman–Crippen LogP) is 8.05. The number of hydrogen-bond acceptors (Lipinski definition) is 6. The van der Waals surface area contributed by atoms with Crippen molar-refractivity contribution < 1.29 is 18.8 Å². The molecule has 0 bridgehead atoms. The van der Waals surface area contributed by atoms with Crippen LogP contribution in [0.15, 0.2) is 114 Å². The number of amides is 3. The molecule has 0 saturated carbocycles. The number of halogens is 2. The molecule has 1 aromatic heterocycles. The van der Waals surface area contributed by atoms with Gasteiger partial charge >= 0.3 is 0 Å². The standard InChI is InChI=1S/C34H26ClFN4O3S2/c1-21-31(22-9-4-2-5-10-22)40-34(45-21)39-30(41)20-44-25-17-15-24(16-18-25)37-33(43)29(19-26-27(35)13-8-14-28(26)36)38-32(42)23-11-6-3-7-12-23/h2-19H,20H2,1H3,(H,37,43)(H,38,42)(H,39,40,41)/b29-19-. The van der Waals surface area contributed by atoms with Gasteiger partial charge in [0.15, 0.2) is 5.13 Å². The summed E-state index contributed by atoms with van der Waals surface area (Å²) in [4.78, 5) is 45.1. The van der Waals surface area contributed by atoms with E-state index in [1.165, 1.54) is 47.4 Å². The van der Waals surface area contributed by atoms with E-state index in [2.05, 4.69) is 20.9 Å². The third kappa shape index (κ3) is 8.45. The van der Waals surface area contributed by atoms with E-state index >= 15 is 0 Å². The molecule has 5 rings (SSSR count). The van der Waals surface area contributed by atoms with Crippen molar-refractivity contribution in [3.05, 3.63) is 136 Å². The highest BCUT2D eigenvalue weighted by Gasteiger charge is 2.17. The molecule has 0 spiro atoms. The molecule has 0 fully saturated rings. The fourth-order valence-corrected chi connectivity index (χ4v) is 5.95. The van der Waals surface area contributed by atoms with Crippen molar-refractivity contribution in [2.45, 2.75) is 11.8 Å². The van der Waals surface area contributed by atoms with Gasteiger partial charge in [-0.3, -0.25) is 14.4 Å². The van der Waals surface area contributed by atoms with Crippen LogP contribution in [0.4, 0.5) is 15.2 Å². The van der Waals surface area contributed by atoms with Gasteiger partial charge in [0.05, 0.1) is 16.5 Å². The summed E-state index contributed by atoms with van der Waals surface area (Å²) in [6, 6.07) is 29.1. The van der Waals surface area contributed by atoms with E-state index in [1.807, 2.05) is 37.3 Å². The number of carbonyl (C=O) groups excluding carboxylic acids is 3. The molecular weight excluding hydrogens is 631 g/mol. The Bertz CT molecular complexity index is 1840. The topological polar surface area (TPSA) is 100 Å². The van der Waals surface area contributed by atoms with Gasteiger partial charge in [-0.05, 0) is 61.5 Å². The Morgan fingerprint density at radius 1 is 0.889 bits per heavy atom. The number of thiazole rings is 1. The van der Waals surface area contributed by atoms with Crippen LogP contribution in [0.1, 0.15) is 20.8 Å². The second kappa shape index (κ2) is 14.8. The Hall–Kier alpha value is -4.77. The maximum atomic E-state index is 14.5. The molecule has 3 amide bonds. The highest BCUT2D eigenvalue weighted by atomic mass is 35.5. The molecule has 0 radical (unpaired) electrons. The van der Waals surface area contributed by atoms with Crippen molar-refractivity contribution in [2.24, 2.45) is 0 Å². The Labute approximate surface area is 272 Å². The number of rotatable bonds is 10. The highest BCUT2D eigenvalue weighted by molar-refractivity contribution is 8.00. The maximum Gasteiger partial charge on any atom is 0.272 e. The largest absolute Gasteiger partial charge is 0.321 e. The molecule has 226 valence electrons. The van der Waals surface area contributed by atoms with Crippen LogP contribution in [0.3, 0.4) is 0 Å². The summed E-state index contributed by atoms with van der Waals surface area (Å²) in [5.74, 6) is -1.90. The number of aromatic nitrogens is 1. The fraction of sp³-hybridized carbons (Fsp3) is 0.0588. The van der Waals surface area contributed by atoms with Gasteiger partial charge in [0.25, 0.3) is 11.8 Å². The number of nitrogens with zero attached hydrogens (tertiary/aromatic N) is 1. The normalized spacial score (nSPS) is 11.1. The number of carbonyl (C=O) groups is 3. The summed E-state index contributed by atoms with van der Waals surface area (Å²) >= 11 is 8.93. The van der Waals surface area contributed by atoms with Gasteiger partial charge in [-0.25, -0.2) is 9.37 Å². The van der Waals surface area contributed by atoms with Crippen LogP contribution >= 0.6 is 34.7 Å². The minimum absolute atomic E-state index is 0.0353. The van der Waals surface area contributed by atoms with Crippen LogP contribution in [0.25, 0.3) is 17.3 Å². The minimum Gasteiger partial charge on any atom is -0.321 e. The van der Waals surface area contributed by atoms with Crippen LogP contribution < -0.4 is 16.0 Å². The third-order valence-electron chi connectivity index (χ3n) is 6.39. The molecule has 0 atom stereocenters. The molecule has 45 heavy (non-hydrogen) atoms. The van der Waals surface area contributed by atoms with Gasteiger partial charge in [0, 0.05) is 32.2 Å². The first-order valence-corrected chi connectivity index (χ1v) is 15.8. The monoisotopic (exact) mass is 656 g/mol. The van der Waals surface area contributed by atoms with Crippen LogP contribution in [0.5, 0.6) is 0 Å². The molecule has 3 N–H and O–H groups in total. The molecule has 0 aliphatic carbocycles. The number of hydrogen-bond donors (Lipinski definition) is 3. The molecule has 4 aromatic carbocycles. The lowest BCUT2D eigenvalue weighted by Crippen LogP contribution is -2.30. The van der Waals surface area contributed by atoms with Crippen LogP contribution in [-0.4, -0.2) is 28.5 Å². The molecule has 0 unspecified atom stereocenters. The average Bonchev–Trinajstić information content (AvgIpc) is 3.42. The van der Waals surface area contributed by atoms with Crippen LogP contribution in [-0.2, 0) is 9.59 Å². The summed E-state index contributed by atoms with van der Waals surface area (Å²) in [6.07, 6.45) is 1.20. The van der Waals surface area contributed by atoms with Crippen LogP contribution in [0.2, 0.25) is 5.02 Å². The van der Waals surface area contributed by atoms with Crippen molar-refractivity contribution in [1.29, 1.82) is 0 Å². The molecule has 0 saturated heterocycles. The number of aryl methyl sites for hydroxylation is 1. The average molecular weight is 657 g/mol. The zero-order chi connectivity index (χ0) is 31.8. The lowest BCUT2D eigenvalue weighted by atomic mass is 10.1. The summed E-state index contributed by atoms with van der Waals surface area (Å²) in [7, 11) is 0. The van der Waals surface area contributed by atoms with E-state index in [0.29, 0.717) is 16.4 Å². The molecule has 1 heterocycles. The Balaban J connectivity index is 1.22. The van der Waals surface area contributed by atoms with Crippen molar-refractivity contribution in [1.82, 2.24) is 10.3 Å². The zero-order valence-electron chi connectivity index (χ0n) is 23.8. The van der Waals surface area contributed by atoms with Crippen molar-refractivity contribution in [2.75, 3.05) is 16.4 Å². The first-order valence-electron chi connectivity index (χ1n) is 13.7. The van der Waals surface area contributed by atoms with Crippen molar-refractivity contribution in [3.8, 4) is 11.3 Å². The molecule has 0 aliphatic rings. The Kier molecular flexibility index (Phi) is 10.4. The van der Waals surface area contributed by atoms with E-state index in [4.69, 9.17) is 11.6 Å². The van der Waals surface area contributed by atoms with E-state index < -0.39 is 17.6 Å². The summed E-state index contributed by atoms with van der Waals surface area (Å²) in [6.45, 7) is 1.97. The first kappa shape index (κ1) is 31.6. The SMILES string of the molecule is Cc1sc(NC(=O)CSc2ccc(NC(=O)/C(=C/c3c(F)cccc3Cl)NC(=O)c3ccccc3)cc2)nc1-c1ccccc1. The van der Waals surface area contributed by atoms with Gasteiger partial charge in [-0.1, -0.05) is 66.2 Å². The predicted molar refractivity (Wildman–Crippen MR) is 180 cm³/mol. The lowest BCUT2D eigenvalue weighted by molar-refractivity contribution is -0.114. The summed E-state index contributed by atoms with van der Waals surface area (Å²) < 4.78 is 14.5. The van der Waals surface area contributed by atoms with Crippen molar-refractivity contribution >= 4 is 69.3 Å². The quantitative estimate of drug-likeness (QED) is 0.104. The highest BCUT2D eigenvalue weighted by Crippen LogP contribution is 2.30. The maximum absolute atomic E-state index is 14.5. The molecule has 7 nitrogen and oxygen atoms in total. The Morgan fingerprint density at radius 2 is 1.58 bits per heavy atom. The fourth-order valence-electron chi connectivity index (χ4n) is 4.19. The van der Waals surface area contributed by atoms with E-state index in [9.17, 15) is 18.8 Å². The number of benzene rings is 4. The number of nitrogens with one attached hydrogen (secondary N) is 3. The molecule has 0 aliphatic heterocycles. The zero-order valence-corrected chi connectivity index (χ0v) is 26.2. The smallest absolute Gasteiger partial charge is 0.272 e. The Morgan fingerprint density at radius 3 is 2.27 bits per heavy atom. The molecule has 5 aromatic rings. The second-order valence-corrected chi connectivity index (χ2v) is 12.3. The van der Waals surface area contributed by atoms with Crippen molar-refractivity contribution in [3.63, 3.8) is 0 Å². The van der Waals surface area contributed by atoms with E-state index in [1.54, 1.807) is 54.6 Å². The first-order chi connectivity index (χ1) is 21.8. The summed E-state index contributed by atoms with van der Waals surface area (Å²) in [5, 5.41) is 8.77. The van der Waals surface area contributed by atoms with Crippen LogP contribution in [0, 0.1) is 12.7 Å². The van der Waals surface area contributed by atoms with Gasteiger partial charge in [-0.2, -0.15) is 0 Å². The third-order valence-corrected chi connectivity index (χ3v) is 8.62. The van der Waals surface area contributed by atoms with Gasteiger partial charge in [0.2, 0.25) is 5.91 Å². The number of anilines is 2. The second-order valence-electron chi connectivity index (χ2n) is 9.62. The minimum atomic E-state index is -0.674. The van der Waals surface area contributed by atoms with Gasteiger partial charge < -0.3 is 16.0 Å².